The third-order valence-electron chi connectivity index (χ3n) is 3.45. The van der Waals surface area contributed by atoms with Gasteiger partial charge in [0.05, 0.1) is 11.0 Å². The topological polar surface area (TPSA) is 33.1 Å². The molecule has 4 heteroatoms. The van der Waals surface area contributed by atoms with Gasteiger partial charge in [-0.15, -0.1) is 0 Å². The molecule has 1 aromatic carbocycles. The van der Waals surface area contributed by atoms with Crippen LogP contribution in [0.5, 0.6) is 0 Å². The number of fused-ring (bicyclic) bond motifs is 3. The number of anilines is 1. The van der Waals surface area contributed by atoms with Crippen molar-refractivity contribution in [1.29, 1.82) is 0 Å². The van der Waals surface area contributed by atoms with Crippen molar-refractivity contribution in [1.82, 2.24) is 14.9 Å². The minimum atomic E-state index is 0.548. The van der Waals surface area contributed by atoms with Crippen molar-refractivity contribution in [2.75, 3.05) is 24.5 Å². The molecule has 1 N–H and O–H groups in total. The molecule has 1 aromatic heterocycles. The van der Waals surface area contributed by atoms with E-state index in [1.807, 2.05) is 0 Å². The highest BCUT2D eigenvalue weighted by atomic mass is 15.4. The summed E-state index contributed by atoms with van der Waals surface area (Å²) in [5, 5.41) is 3.46. The van der Waals surface area contributed by atoms with Gasteiger partial charge in [-0.3, -0.25) is 0 Å². The first-order valence-corrected chi connectivity index (χ1v) is 6.69. The van der Waals surface area contributed by atoms with E-state index in [4.69, 9.17) is 4.98 Å². The van der Waals surface area contributed by atoms with E-state index in [-0.39, 0.29) is 0 Å². The quantitative estimate of drug-likeness (QED) is 0.891. The number of aromatic nitrogens is 2. The van der Waals surface area contributed by atoms with Crippen LogP contribution in [0.15, 0.2) is 24.3 Å². The molecule has 0 atom stereocenters. The van der Waals surface area contributed by atoms with Gasteiger partial charge in [-0.05, 0) is 12.1 Å². The van der Waals surface area contributed by atoms with Crippen LogP contribution in [-0.4, -0.2) is 35.2 Å². The van der Waals surface area contributed by atoms with Gasteiger partial charge in [0, 0.05) is 32.2 Å². The van der Waals surface area contributed by atoms with Crippen LogP contribution in [0.4, 0.5) is 5.95 Å². The van der Waals surface area contributed by atoms with Crippen LogP contribution >= 0.6 is 0 Å². The highest BCUT2D eigenvalue weighted by Crippen LogP contribution is 2.26. The van der Waals surface area contributed by atoms with Gasteiger partial charge < -0.3 is 14.8 Å². The Morgan fingerprint density at radius 3 is 2.94 bits per heavy atom. The molecule has 0 radical (unpaired) electrons. The lowest BCUT2D eigenvalue weighted by atomic mass is 10.3. The fraction of sp³-hybridized carbons (Fsp3) is 0.500. The van der Waals surface area contributed by atoms with Crippen molar-refractivity contribution in [3.63, 3.8) is 0 Å². The molecular weight excluding hydrogens is 224 g/mol. The first-order valence-electron chi connectivity index (χ1n) is 6.69. The standard InChI is InChI=1S/C14H20N4/c1-11(2)15-7-8-17-9-10-18-13-6-4-3-5-12(13)16-14(17)18/h3-6,11,15H,7-10H2,1-2H3. The van der Waals surface area contributed by atoms with Gasteiger partial charge in [0.1, 0.15) is 0 Å². The summed E-state index contributed by atoms with van der Waals surface area (Å²) < 4.78 is 2.32. The SMILES string of the molecule is CC(C)NCCN1CCn2c1nc1ccccc12. The Morgan fingerprint density at radius 2 is 2.11 bits per heavy atom. The van der Waals surface area contributed by atoms with Gasteiger partial charge >= 0.3 is 0 Å². The molecule has 2 aromatic rings. The number of hydrogen-bond donors (Lipinski definition) is 1. The molecule has 0 bridgehead atoms. The Morgan fingerprint density at radius 1 is 1.28 bits per heavy atom. The smallest absolute Gasteiger partial charge is 0.206 e. The van der Waals surface area contributed by atoms with Crippen LogP contribution in [0.1, 0.15) is 13.8 Å². The van der Waals surface area contributed by atoms with E-state index in [1.165, 1.54) is 5.52 Å². The zero-order chi connectivity index (χ0) is 12.5. The number of benzene rings is 1. The van der Waals surface area contributed by atoms with E-state index in [9.17, 15) is 0 Å². The van der Waals surface area contributed by atoms with Gasteiger partial charge in [0.25, 0.3) is 0 Å². The lowest BCUT2D eigenvalue weighted by Crippen LogP contribution is -2.34. The number of imidazole rings is 1. The summed E-state index contributed by atoms with van der Waals surface area (Å²) in [5.74, 6) is 1.13. The minimum Gasteiger partial charge on any atom is -0.339 e. The van der Waals surface area contributed by atoms with E-state index < -0.39 is 0 Å². The molecule has 0 amide bonds. The van der Waals surface area contributed by atoms with Gasteiger partial charge in [-0.2, -0.15) is 0 Å². The number of rotatable bonds is 4. The largest absolute Gasteiger partial charge is 0.339 e. The van der Waals surface area contributed by atoms with Gasteiger partial charge in [-0.1, -0.05) is 26.0 Å². The fourth-order valence-electron chi connectivity index (χ4n) is 2.55. The third kappa shape index (κ3) is 1.97. The highest BCUT2D eigenvalue weighted by Gasteiger charge is 2.22. The highest BCUT2D eigenvalue weighted by molar-refractivity contribution is 5.79. The molecule has 1 aliphatic rings. The third-order valence-corrected chi connectivity index (χ3v) is 3.45. The van der Waals surface area contributed by atoms with Crippen LogP contribution in [0, 0.1) is 0 Å². The second-order valence-electron chi connectivity index (χ2n) is 5.15. The maximum atomic E-state index is 4.73. The lowest BCUT2D eigenvalue weighted by Gasteiger charge is -2.17. The maximum Gasteiger partial charge on any atom is 0.206 e. The molecule has 1 aliphatic heterocycles. The minimum absolute atomic E-state index is 0.548. The van der Waals surface area contributed by atoms with Gasteiger partial charge in [-0.25, -0.2) is 4.98 Å². The second kappa shape index (κ2) is 4.61. The second-order valence-corrected chi connectivity index (χ2v) is 5.15. The molecule has 96 valence electrons. The zero-order valence-corrected chi connectivity index (χ0v) is 11.1. The predicted molar refractivity (Wildman–Crippen MR) is 75.1 cm³/mol. The molecule has 0 unspecified atom stereocenters. The molecule has 0 saturated heterocycles. The normalized spacial score (nSPS) is 14.7. The lowest BCUT2D eigenvalue weighted by molar-refractivity contribution is 0.583. The monoisotopic (exact) mass is 244 g/mol. The van der Waals surface area contributed by atoms with E-state index in [0.717, 1.165) is 37.6 Å². The molecule has 2 heterocycles. The summed E-state index contributed by atoms with van der Waals surface area (Å²) in [4.78, 5) is 7.10. The average molecular weight is 244 g/mol. The Bertz CT molecular complexity index is 544. The van der Waals surface area contributed by atoms with Crippen molar-refractivity contribution in [2.24, 2.45) is 0 Å². The van der Waals surface area contributed by atoms with Crippen molar-refractivity contribution in [2.45, 2.75) is 26.4 Å². The van der Waals surface area contributed by atoms with Crippen LogP contribution in [0.3, 0.4) is 0 Å². The molecule has 18 heavy (non-hydrogen) atoms. The summed E-state index contributed by atoms with van der Waals surface area (Å²) in [7, 11) is 0. The number of nitrogens with zero attached hydrogens (tertiary/aromatic N) is 3. The van der Waals surface area contributed by atoms with Crippen LogP contribution in [0.25, 0.3) is 11.0 Å². The molecule has 0 spiro atoms. The number of nitrogens with one attached hydrogen (secondary N) is 1. The van der Waals surface area contributed by atoms with Crippen molar-refractivity contribution >= 4 is 17.0 Å². The zero-order valence-electron chi connectivity index (χ0n) is 11.1. The van der Waals surface area contributed by atoms with E-state index >= 15 is 0 Å². The van der Waals surface area contributed by atoms with Crippen LogP contribution < -0.4 is 10.2 Å². The Balaban J connectivity index is 1.79. The maximum absolute atomic E-state index is 4.73. The summed E-state index contributed by atoms with van der Waals surface area (Å²) >= 11 is 0. The fourth-order valence-corrected chi connectivity index (χ4v) is 2.55. The molecule has 0 fully saturated rings. The molecule has 3 rings (SSSR count). The Labute approximate surface area is 108 Å². The Hall–Kier alpha value is -1.55. The van der Waals surface area contributed by atoms with Crippen molar-refractivity contribution < 1.29 is 0 Å². The molecule has 0 aliphatic carbocycles. The van der Waals surface area contributed by atoms with Crippen molar-refractivity contribution in [3.8, 4) is 0 Å². The van der Waals surface area contributed by atoms with E-state index in [2.05, 4.69) is 52.9 Å². The van der Waals surface area contributed by atoms with Gasteiger partial charge in [0.2, 0.25) is 5.95 Å². The average Bonchev–Trinajstić information content (AvgIpc) is 2.88. The summed E-state index contributed by atoms with van der Waals surface area (Å²) in [6.07, 6.45) is 0. The Kier molecular flexibility index (Phi) is 2.96. The van der Waals surface area contributed by atoms with Crippen LogP contribution in [-0.2, 0) is 6.54 Å². The number of hydrogen-bond acceptors (Lipinski definition) is 3. The molecule has 0 saturated carbocycles. The van der Waals surface area contributed by atoms with E-state index in [0.29, 0.717) is 6.04 Å². The number of para-hydroxylation sites is 2. The van der Waals surface area contributed by atoms with Gasteiger partial charge in [0.15, 0.2) is 0 Å². The first-order chi connectivity index (χ1) is 8.75. The van der Waals surface area contributed by atoms with E-state index in [1.54, 1.807) is 0 Å². The summed E-state index contributed by atoms with van der Waals surface area (Å²) in [6.45, 7) is 8.53. The molecular formula is C14H20N4. The summed E-state index contributed by atoms with van der Waals surface area (Å²) in [5.41, 5.74) is 2.36. The van der Waals surface area contributed by atoms with Crippen LogP contribution in [0.2, 0.25) is 0 Å². The summed E-state index contributed by atoms with van der Waals surface area (Å²) in [6, 6.07) is 8.93. The first kappa shape index (κ1) is 11.5. The predicted octanol–water partition coefficient (Wildman–Crippen LogP) is 1.85. The molecule has 4 nitrogen and oxygen atoms in total. The van der Waals surface area contributed by atoms with Crippen molar-refractivity contribution in [3.05, 3.63) is 24.3 Å².